The highest BCUT2D eigenvalue weighted by Crippen LogP contribution is 2.44. The zero-order valence-electron chi connectivity index (χ0n) is 44.1. The number of benzene rings is 2. The third-order valence-corrected chi connectivity index (χ3v) is 12.4. The van der Waals surface area contributed by atoms with Gasteiger partial charge in [0.05, 0.1) is 67.9 Å². The summed E-state index contributed by atoms with van der Waals surface area (Å²) in [4.78, 5) is 9.72. The Bertz CT molecular complexity index is 1410. The first-order valence-corrected chi connectivity index (χ1v) is 26.2. The van der Waals surface area contributed by atoms with Crippen LogP contribution < -0.4 is 10.0 Å². The van der Waals surface area contributed by atoms with Gasteiger partial charge < -0.3 is 33.1 Å². The second kappa shape index (κ2) is 32.8. The molecule has 0 aliphatic heterocycles. The lowest BCUT2D eigenvalue weighted by Crippen LogP contribution is -2.26. The van der Waals surface area contributed by atoms with E-state index in [1.807, 2.05) is 65.8 Å². The maximum absolute atomic E-state index is 11.8. The Morgan fingerprint density at radius 1 is 0.540 bits per heavy atom. The molecular formula is C54H99O8P. The van der Waals surface area contributed by atoms with E-state index in [9.17, 15) is 9.46 Å². The summed E-state index contributed by atoms with van der Waals surface area (Å²) in [5.41, 5.74) is 2.50. The van der Waals surface area contributed by atoms with Gasteiger partial charge in [0.1, 0.15) is 5.75 Å². The Morgan fingerprint density at radius 2 is 0.984 bits per heavy atom. The van der Waals surface area contributed by atoms with Crippen molar-refractivity contribution < 1.29 is 37.7 Å². The fourth-order valence-electron chi connectivity index (χ4n) is 7.04. The van der Waals surface area contributed by atoms with Gasteiger partial charge in [-0.3, -0.25) is 4.57 Å². The number of rotatable bonds is 19. The van der Waals surface area contributed by atoms with E-state index in [4.69, 9.17) is 28.2 Å². The summed E-state index contributed by atoms with van der Waals surface area (Å²) >= 11 is 0. The molecule has 2 aromatic rings. The number of hydrogen-bond acceptors (Lipinski definition) is 7. The second-order valence-electron chi connectivity index (χ2n) is 20.4. The van der Waals surface area contributed by atoms with Crippen LogP contribution in [0.25, 0.3) is 0 Å². The lowest BCUT2D eigenvalue weighted by Gasteiger charge is -2.31. The lowest BCUT2D eigenvalue weighted by molar-refractivity contribution is -0.0230. The largest absolute Gasteiger partial charge is 0.491 e. The predicted molar refractivity (Wildman–Crippen MR) is 269 cm³/mol. The van der Waals surface area contributed by atoms with E-state index in [1.165, 1.54) is 37.7 Å². The normalized spacial score (nSPS) is 19.4. The van der Waals surface area contributed by atoms with E-state index < -0.39 is 7.60 Å². The molecule has 0 spiro atoms. The first kappa shape index (κ1) is 61.2. The van der Waals surface area contributed by atoms with Crippen molar-refractivity contribution in [3.63, 3.8) is 0 Å². The Labute approximate surface area is 389 Å². The molecule has 0 radical (unpaired) electrons. The van der Waals surface area contributed by atoms with E-state index in [-0.39, 0.29) is 12.2 Å². The molecule has 2 fully saturated rings. The SMILES string of the molecule is CC(C)OC1CCC(C(C)C)CC1.CC(C)OCCOC(C)C.CC(C)OC[C@H]1C[C@@H]1C(C)C.CC(C)OP(=O)(O)c1ccc(C(C)C)cc1.CC(C)Oc1ccc(C(C)C)cc1. The second-order valence-corrected chi connectivity index (χ2v) is 22.2. The van der Waals surface area contributed by atoms with Gasteiger partial charge in [-0.05, 0) is 192 Å². The fraction of sp³-hybridized carbons (Fsp3) is 0.778. The Hall–Kier alpha value is -1.77. The zero-order chi connectivity index (χ0) is 48.4. The van der Waals surface area contributed by atoms with Crippen LogP contribution in [0.4, 0.5) is 0 Å². The molecule has 0 aromatic heterocycles. The van der Waals surface area contributed by atoms with E-state index in [2.05, 4.69) is 95.2 Å². The first-order valence-electron chi connectivity index (χ1n) is 24.6. The Morgan fingerprint density at radius 3 is 1.32 bits per heavy atom. The van der Waals surface area contributed by atoms with Crippen molar-refractivity contribution in [2.45, 2.75) is 225 Å². The Balaban J connectivity index is 0.000000770. The van der Waals surface area contributed by atoms with Crippen molar-refractivity contribution in [1.82, 2.24) is 0 Å². The minimum absolute atomic E-state index is 0.255. The maximum Gasteiger partial charge on any atom is 0.359 e. The molecule has 8 nitrogen and oxygen atoms in total. The van der Waals surface area contributed by atoms with Gasteiger partial charge in [-0.1, -0.05) is 79.7 Å². The van der Waals surface area contributed by atoms with Gasteiger partial charge in [0.15, 0.2) is 0 Å². The number of ether oxygens (including phenoxy) is 5. The van der Waals surface area contributed by atoms with Crippen LogP contribution in [0.5, 0.6) is 5.75 Å². The van der Waals surface area contributed by atoms with Crippen molar-refractivity contribution in [3.05, 3.63) is 59.7 Å². The quantitative estimate of drug-likeness (QED) is 0.110. The number of hydrogen-bond donors (Lipinski definition) is 1. The molecule has 1 N–H and O–H groups in total. The summed E-state index contributed by atoms with van der Waals surface area (Å²) in [5.74, 6) is 6.46. The van der Waals surface area contributed by atoms with Crippen LogP contribution in [0, 0.1) is 29.6 Å². The molecule has 368 valence electrons. The topological polar surface area (TPSA) is 92.7 Å². The van der Waals surface area contributed by atoms with Crippen LogP contribution in [0.3, 0.4) is 0 Å². The average molecular weight is 907 g/mol. The van der Waals surface area contributed by atoms with Crippen molar-refractivity contribution in [2.75, 3.05) is 19.8 Å². The molecule has 0 saturated heterocycles. The summed E-state index contributed by atoms with van der Waals surface area (Å²) in [6.07, 6.45) is 8.67. The fourth-order valence-corrected chi connectivity index (χ4v) is 8.26. The molecule has 0 heterocycles. The van der Waals surface area contributed by atoms with E-state index in [1.54, 1.807) is 26.0 Å². The highest BCUT2D eigenvalue weighted by molar-refractivity contribution is 7.61. The van der Waals surface area contributed by atoms with Gasteiger partial charge in [0.2, 0.25) is 0 Å². The van der Waals surface area contributed by atoms with E-state index in [0.29, 0.717) is 60.9 Å². The smallest absolute Gasteiger partial charge is 0.359 e. The molecule has 1 unspecified atom stereocenters. The van der Waals surface area contributed by atoms with Crippen LogP contribution in [0.15, 0.2) is 48.5 Å². The summed E-state index contributed by atoms with van der Waals surface area (Å²) in [6.45, 7) is 44.4. The molecule has 9 heteroatoms. The minimum Gasteiger partial charge on any atom is -0.491 e. The van der Waals surface area contributed by atoms with Crippen molar-refractivity contribution in [3.8, 4) is 5.75 Å². The zero-order valence-corrected chi connectivity index (χ0v) is 45.0. The molecule has 2 aliphatic rings. The van der Waals surface area contributed by atoms with Gasteiger partial charge in [0.25, 0.3) is 0 Å². The van der Waals surface area contributed by atoms with Gasteiger partial charge >= 0.3 is 7.60 Å². The lowest BCUT2D eigenvalue weighted by atomic mass is 9.80. The molecular weight excluding hydrogens is 808 g/mol. The van der Waals surface area contributed by atoms with Crippen LogP contribution in [0.1, 0.15) is 194 Å². The van der Waals surface area contributed by atoms with Gasteiger partial charge in [-0.25, -0.2) is 0 Å². The third-order valence-electron chi connectivity index (χ3n) is 10.7. The molecule has 4 rings (SSSR count). The third kappa shape index (κ3) is 31.0. The van der Waals surface area contributed by atoms with E-state index >= 15 is 0 Å². The predicted octanol–water partition coefficient (Wildman–Crippen LogP) is 14.8. The van der Waals surface area contributed by atoms with Crippen molar-refractivity contribution in [1.29, 1.82) is 0 Å². The molecule has 3 atom stereocenters. The molecule has 0 amide bonds. The molecule has 0 bridgehead atoms. The van der Waals surface area contributed by atoms with Crippen LogP contribution >= 0.6 is 7.60 Å². The first-order chi connectivity index (χ1) is 29.2. The van der Waals surface area contributed by atoms with Crippen molar-refractivity contribution >= 4 is 12.9 Å². The molecule has 2 saturated carbocycles. The summed E-state index contributed by atoms with van der Waals surface area (Å²) in [5, 5.41) is 0.352. The minimum atomic E-state index is -3.65. The van der Waals surface area contributed by atoms with Gasteiger partial charge in [-0.2, -0.15) is 0 Å². The van der Waals surface area contributed by atoms with Gasteiger partial charge in [-0.15, -0.1) is 0 Å². The monoisotopic (exact) mass is 907 g/mol. The molecule has 2 aromatic carbocycles. The van der Waals surface area contributed by atoms with Crippen molar-refractivity contribution in [2.24, 2.45) is 29.6 Å². The Kier molecular flexibility index (Phi) is 31.9. The summed E-state index contributed by atoms with van der Waals surface area (Å²) < 4.78 is 44.3. The highest BCUT2D eigenvalue weighted by atomic mass is 31.2. The van der Waals surface area contributed by atoms with Crippen LogP contribution in [-0.4, -0.2) is 67.4 Å². The summed E-state index contributed by atoms with van der Waals surface area (Å²) in [6, 6.07) is 15.4. The van der Waals surface area contributed by atoms with Crippen LogP contribution in [-0.2, 0) is 28.0 Å². The highest BCUT2D eigenvalue weighted by Gasteiger charge is 2.39. The van der Waals surface area contributed by atoms with E-state index in [0.717, 1.165) is 47.5 Å². The van der Waals surface area contributed by atoms with Crippen LogP contribution in [0.2, 0.25) is 0 Å². The standard InChI is InChI=1S/C12H19O3P.C12H24O.C12H18O.C10H20O.C8H18O2/c1-9(2)11-5-7-12(8-6-11)16(13,14)15-10(3)4;2*1-9(2)11-5-7-12(8-6-11)13-10(3)4;1-7(2)10-5-9(10)6-11-8(3)4;1-7(2)9-5-6-10-8(3)4/h5-10H,1-4H3,(H,13,14);9-12H,5-8H2,1-4H3;5-10H,1-4H3;7-10H,5-6H2,1-4H3;7-8H,5-6H2,1-4H3/t;;;9-,10-;/m...1./s1. The van der Waals surface area contributed by atoms with Gasteiger partial charge in [0, 0.05) is 0 Å². The molecule has 2 aliphatic carbocycles. The summed E-state index contributed by atoms with van der Waals surface area (Å²) in [7, 11) is -3.65. The maximum atomic E-state index is 11.8. The average Bonchev–Trinajstić information content (AvgIpc) is 3.97. The molecule has 63 heavy (non-hydrogen) atoms.